The van der Waals surface area contributed by atoms with Crippen LogP contribution in [0.2, 0.25) is 0 Å². The van der Waals surface area contributed by atoms with E-state index in [0.717, 1.165) is 57.4 Å². The fourth-order valence-corrected chi connectivity index (χ4v) is 10.8. The molecule has 2 aromatic rings. The van der Waals surface area contributed by atoms with Crippen molar-refractivity contribution in [3.63, 3.8) is 0 Å². The van der Waals surface area contributed by atoms with Gasteiger partial charge in [-0.05, 0) is 100 Å². The summed E-state index contributed by atoms with van der Waals surface area (Å²) in [6.45, 7) is 4.36. The number of hydrogen-bond donors (Lipinski definition) is 2. The van der Waals surface area contributed by atoms with E-state index in [1.165, 1.54) is 35.4 Å². The number of fused-ring (bicyclic) bond motifs is 2. The zero-order valence-corrected chi connectivity index (χ0v) is 22.9. The van der Waals surface area contributed by atoms with E-state index in [0.29, 0.717) is 11.8 Å². The molecule has 4 saturated carbocycles. The first-order chi connectivity index (χ1) is 17.8. The molecule has 37 heavy (non-hydrogen) atoms. The number of aryl methyl sites for hydroxylation is 1. The first-order valence-corrected chi connectivity index (χ1v) is 15.3. The Hall–Kier alpha value is -1.60. The highest BCUT2D eigenvalue weighted by atomic mass is 32.1. The third-order valence-corrected chi connectivity index (χ3v) is 12.8. The number of hydrogen-bond acceptors (Lipinski definition) is 6. The number of phenolic OH excluding ortho intramolecular Hbond substituents is 1. The summed E-state index contributed by atoms with van der Waals surface area (Å²) >= 11 is 1.77. The SMILES string of the molecule is COC12CC[C@@]3(CC1[C@](C)(O)CCc1cccs1)[C@H]1Cc4ccc(O)c5c4[C@@]3(CCN1CC1CC1)[C@H]2O5. The molecule has 5 nitrogen and oxygen atoms in total. The van der Waals surface area contributed by atoms with Crippen LogP contribution in [0.5, 0.6) is 11.5 Å². The molecule has 6 heteroatoms. The molecule has 3 heterocycles. The molecule has 4 bridgehead atoms. The molecule has 2 unspecified atom stereocenters. The van der Waals surface area contributed by atoms with Gasteiger partial charge in [-0.15, -0.1) is 11.3 Å². The fraction of sp³-hybridized carbons (Fsp3) is 0.677. The molecular weight excluding hydrogens is 482 g/mol. The summed E-state index contributed by atoms with van der Waals surface area (Å²) in [6, 6.07) is 8.75. The van der Waals surface area contributed by atoms with Crippen molar-refractivity contribution < 1.29 is 19.7 Å². The molecule has 5 aliphatic carbocycles. The fourth-order valence-electron chi connectivity index (χ4n) is 10.1. The van der Waals surface area contributed by atoms with Crippen molar-refractivity contribution in [2.75, 3.05) is 20.2 Å². The van der Waals surface area contributed by atoms with E-state index < -0.39 is 11.2 Å². The van der Waals surface area contributed by atoms with Gasteiger partial charge < -0.3 is 19.7 Å². The van der Waals surface area contributed by atoms with Crippen LogP contribution in [0.4, 0.5) is 0 Å². The summed E-state index contributed by atoms with van der Waals surface area (Å²) in [5.74, 6) is 1.82. The molecule has 0 amide bonds. The van der Waals surface area contributed by atoms with Crippen molar-refractivity contribution in [2.45, 2.75) is 93.5 Å². The number of benzene rings is 1. The lowest BCUT2D eigenvalue weighted by atomic mass is 9.33. The third-order valence-electron chi connectivity index (χ3n) is 11.9. The summed E-state index contributed by atoms with van der Waals surface area (Å²) in [6.07, 6.45) is 9.25. The monoisotopic (exact) mass is 521 g/mol. The van der Waals surface area contributed by atoms with Crippen LogP contribution in [0.15, 0.2) is 29.6 Å². The molecule has 1 saturated heterocycles. The number of methoxy groups -OCH3 is 1. The van der Waals surface area contributed by atoms with Crippen molar-refractivity contribution in [2.24, 2.45) is 17.3 Å². The van der Waals surface area contributed by atoms with Crippen molar-refractivity contribution in [3.05, 3.63) is 45.6 Å². The van der Waals surface area contributed by atoms with E-state index in [4.69, 9.17) is 9.47 Å². The maximum atomic E-state index is 12.3. The maximum Gasteiger partial charge on any atom is 0.165 e. The molecule has 5 fully saturated rings. The predicted molar refractivity (Wildman–Crippen MR) is 143 cm³/mol. The Labute approximate surface area is 223 Å². The molecule has 9 rings (SSSR count). The van der Waals surface area contributed by atoms with Crippen molar-refractivity contribution in [3.8, 4) is 11.5 Å². The number of phenols is 1. The third kappa shape index (κ3) is 2.81. The Kier molecular flexibility index (Phi) is 4.74. The van der Waals surface area contributed by atoms with E-state index >= 15 is 0 Å². The Morgan fingerprint density at radius 3 is 2.84 bits per heavy atom. The largest absolute Gasteiger partial charge is 0.504 e. The number of aliphatic hydroxyl groups is 1. The number of aromatic hydroxyl groups is 1. The Morgan fingerprint density at radius 1 is 1.22 bits per heavy atom. The molecule has 2 aliphatic heterocycles. The normalized spacial score (nSPS) is 40.8. The summed E-state index contributed by atoms with van der Waals surface area (Å²) < 4.78 is 13.5. The highest BCUT2D eigenvalue weighted by molar-refractivity contribution is 7.09. The average Bonchev–Trinajstić information content (AvgIpc) is 3.40. The topological polar surface area (TPSA) is 62.2 Å². The van der Waals surface area contributed by atoms with E-state index in [1.54, 1.807) is 11.3 Å². The van der Waals surface area contributed by atoms with E-state index in [-0.39, 0.29) is 28.6 Å². The summed E-state index contributed by atoms with van der Waals surface area (Å²) in [5.41, 5.74) is 1.11. The lowest BCUT2D eigenvalue weighted by molar-refractivity contribution is -0.302. The minimum absolute atomic E-state index is 0.0155. The zero-order chi connectivity index (χ0) is 25.2. The van der Waals surface area contributed by atoms with Gasteiger partial charge >= 0.3 is 0 Å². The van der Waals surface area contributed by atoms with Crippen LogP contribution in [-0.2, 0) is 23.0 Å². The van der Waals surface area contributed by atoms with E-state index in [9.17, 15) is 10.2 Å². The van der Waals surface area contributed by atoms with Crippen LogP contribution in [-0.4, -0.2) is 58.7 Å². The number of rotatable bonds is 7. The van der Waals surface area contributed by atoms with Gasteiger partial charge in [-0.2, -0.15) is 0 Å². The van der Waals surface area contributed by atoms with Gasteiger partial charge in [0.05, 0.1) is 5.60 Å². The number of likely N-dealkylation sites (tertiary alicyclic amines) is 1. The van der Waals surface area contributed by atoms with Gasteiger partial charge in [-0.1, -0.05) is 12.1 Å². The van der Waals surface area contributed by atoms with Gasteiger partial charge in [0.25, 0.3) is 0 Å². The lowest BCUT2D eigenvalue weighted by Gasteiger charge is -2.75. The van der Waals surface area contributed by atoms with Crippen molar-refractivity contribution in [1.82, 2.24) is 4.90 Å². The highest BCUT2D eigenvalue weighted by Gasteiger charge is 2.81. The smallest absolute Gasteiger partial charge is 0.165 e. The van der Waals surface area contributed by atoms with Crippen LogP contribution < -0.4 is 4.74 Å². The molecule has 2 N–H and O–H groups in total. The van der Waals surface area contributed by atoms with Gasteiger partial charge in [0.2, 0.25) is 0 Å². The molecule has 7 atom stereocenters. The predicted octanol–water partition coefficient (Wildman–Crippen LogP) is 5.06. The molecular formula is C31H39NO4S. The van der Waals surface area contributed by atoms with E-state index in [2.05, 4.69) is 35.4 Å². The molecule has 1 aromatic heterocycles. The zero-order valence-electron chi connectivity index (χ0n) is 22.0. The van der Waals surface area contributed by atoms with Crippen molar-refractivity contribution in [1.29, 1.82) is 0 Å². The van der Waals surface area contributed by atoms with E-state index in [1.807, 2.05) is 13.2 Å². The molecule has 7 aliphatic rings. The maximum absolute atomic E-state index is 12.3. The quantitative estimate of drug-likeness (QED) is 0.533. The Bertz CT molecular complexity index is 1240. The van der Waals surface area contributed by atoms with Crippen LogP contribution in [0.1, 0.15) is 67.9 Å². The van der Waals surface area contributed by atoms with Gasteiger partial charge in [0, 0.05) is 46.9 Å². The van der Waals surface area contributed by atoms with Crippen LogP contribution >= 0.6 is 11.3 Å². The lowest BCUT2D eigenvalue weighted by Crippen LogP contribution is -2.82. The van der Waals surface area contributed by atoms with Gasteiger partial charge in [-0.3, -0.25) is 4.90 Å². The van der Waals surface area contributed by atoms with Crippen molar-refractivity contribution >= 4 is 11.3 Å². The molecule has 1 aromatic carbocycles. The first kappa shape index (κ1) is 23.3. The number of ether oxygens (including phenoxy) is 2. The molecule has 0 radical (unpaired) electrons. The van der Waals surface area contributed by atoms with Gasteiger partial charge in [0.15, 0.2) is 11.5 Å². The number of piperidine rings is 1. The average molecular weight is 522 g/mol. The van der Waals surface area contributed by atoms with Gasteiger partial charge in [0.1, 0.15) is 11.7 Å². The summed E-state index contributed by atoms with van der Waals surface area (Å²) in [4.78, 5) is 4.16. The first-order valence-electron chi connectivity index (χ1n) is 14.4. The van der Waals surface area contributed by atoms with Crippen LogP contribution in [0.25, 0.3) is 0 Å². The summed E-state index contributed by atoms with van der Waals surface area (Å²) in [5, 5.41) is 25.4. The molecule has 2 spiro atoms. The Balaban J connectivity index is 1.28. The number of thiophene rings is 1. The summed E-state index contributed by atoms with van der Waals surface area (Å²) in [7, 11) is 1.84. The van der Waals surface area contributed by atoms with Gasteiger partial charge in [-0.25, -0.2) is 0 Å². The standard InChI is InChI=1S/C31H39NO4S/c1-28(34,10-9-21-4-3-15-37-21)23-17-29-11-12-31(23,35-2)27-30(29)13-14-32(18-19-5-6-19)24(29)16-20-7-8-22(33)26(36-27)25(20)30/h3-4,7-8,15,19,23-24,27,33-34H,5-6,9-14,16-18H2,1-2H3/t23?,24-,27-,28-,29-,30+,31?/m1/s1. The van der Waals surface area contributed by atoms with Crippen LogP contribution in [0, 0.1) is 17.3 Å². The Morgan fingerprint density at radius 2 is 2.08 bits per heavy atom. The second-order valence-corrected chi connectivity index (χ2v) is 14.4. The minimum Gasteiger partial charge on any atom is -0.504 e. The second-order valence-electron chi connectivity index (χ2n) is 13.3. The molecule has 198 valence electrons. The second kappa shape index (κ2) is 7.53. The number of nitrogens with zero attached hydrogens (tertiary/aromatic N) is 1. The minimum atomic E-state index is -0.870. The highest BCUT2D eigenvalue weighted by Crippen LogP contribution is 2.77. The van der Waals surface area contributed by atoms with Crippen LogP contribution in [0.3, 0.4) is 0 Å².